The predicted molar refractivity (Wildman–Crippen MR) is 88.0 cm³/mol. The first-order valence-corrected chi connectivity index (χ1v) is 8.25. The largest absolute Gasteiger partial charge is 0.345 e. The molecule has 7 heteroatoms. The molecule has 0 saturated heterocycles. The molecule has 1 atom stereocenters. The normalized spacial score (nSPS) is 14.5. The Morgan fingerprint density at radius 2 is 2.04 bits per heavy atom. The van der Waals surface area contributed by atoms with Crippen LogP contribution in [0.3, 0.4) is 0 Å². The molecule has 1 aliphatic rings. The third-order valence-electron chi connectivity index (χ3n) is 3.65. The van der Waals surface area contributed by atoms with E-state index in [0.717, 1.165) is 17.0 Å². The highest BCUT2D eigenvalue weighted by Crippen LogP contribution is 2.32. The minimum atomic E-state index is -0.711. The van der Waals surface area contributed by atoms with Crippen molar-refractivity contribution in [1.82, 2.24) is 5.32 Å². The highest BCUT2D eigenvalue weighted by molar-refractivity contribution is 8.00. The number of amides is 2. The summed E-state index contributed by atoms with van der Waals surface area (Å²) in [5.41, 5.74) is 1.14. The second-order valence-corrected chi connectivity index (χ2v) is 6.43. The highest BCUT2D eigenvalue weighted by atomic mass is 32.2. The lowest BCUT2D eigenvalue weighted by Gasteiger charge is -2.18. The van der Waals surface area contributed by atoms with Crippen LogP contribution in [0, 0.1) is 11.6 Å². The standard InChI is InChI=1S/C17H14F2N2O2S/c1-9(12-4-3-11(18)7-13(12)19)20-17(23)10-2-5-15-14(6-10)21-16(22)8-24-15/h2-7,9H,8H2,1H3,(H,20,23)(H,21,22)/t9-/m1/s1. The summed E-state index contributed by atoms with van der Waals surface area (Å²) in [6, 6.07) is 7.60. The van der Waals surface area contributed by atoms with Crippen molar-refractivity contribution >= 4 is 29.3 Å². The first-order chi connectivity index (χ1) is 11.4. The number of halogens is 2. The van der Waals surface area contributed by atoms with Crippen molar-refractivity contribution in [3.63, 3.8) is 0 Å². The molecule has 124 valence electrons. The van der Waals surface area contributed by atoms with Crippen molar-refractivity contribution in [2.24, 2.45) is 0 Å². The summed E-state index contributed by atoms with van der Waals surface area (Å²) in [6.07, 6.45) is 0. The molecular weight excluding hydrogens is 334 g/mol. The maximum absolute atomic E-state index is 13.8. The highest BCUT2D eigenvalue weighted by Gasteiger charge is 2.19. The Labute approximate surface area is 141 Å². The van der Waals surface area contributed by atoms with E-state index in [-0.39, 0.29) is 11.5 Å². The van der Waals surface area contributed by atoms with Gasteiger partial charge in [-0.15, -0.1) is 11.8 Å². The molecule has 0 aromatic heterocycles. The average molecular weight is 348 g/mol. The Bertz CT molecular complexity index is 826. The molecule has 1 aliphatic heterocycles. The topological polar surface area (TPSA) is 58.2 Å². The number of benzene rings is 2. The van der Waals surface area contributed by atoms with Crippen LogP contribution in [0.1, 0.15) is 28.9 Å². The zero-order chi connectivity index (χ0) is 17.3. The SMILES string of the molecule is C[C@@H](NC(=O)c1ccc2c(c1)NC(=O)CS2)c1ccc(F)cc1F. The molecule has 0 radical (unpaired) electrons. The van der Waals surface area contributed by atoms with Gasteiger partial charge in [0.05, 0.1) is 17.5 Å². The fourth-order valence-electron chi connectivity index (χ4n) is 2.43. The molecule has 0 fully saturated rings. The number of fused-ring (bicyclic) bond motifs is 1. The summed E-state index contributed by atoms with van der Waals surface area (Å²) >= 11 is 1.40. The van der Waals surface area contributed by atoms with Crippen LogP contribution in [0.4, 0.5) is 14.5 Å². The van der Waals surface area contributed by atoms with Crippen molar-refractivity contribution < 1.29 is 18.4 Å². The monoisotopic (exact) mass is 348 g/mol. The van der Waals surface area contributed by atoms with Crippen LogP contribution in [0.2, 0.25) is 0 Å². The van der Waals surface area contributed by atoms with Crippen molar-refractivity contribution in [3.8, 4) is 0 Å². The predicted octanol–water partition coefficient (Wildman–Crippen LogP) is 3.50. The molecule has 2 aromatic carbocycles. The van der Waals surface area contributed by atoms with Crippen LogP contribution in [0.5, 0.6) is 0 Å². The summed E-state index contributed by atoms with van der Waals surface area (Å²) in [5.74, 6) is -1.56. The number of thioether (sulfide) groups is 1. The molecule has 2 aromatic rings. The molecule has 1 heterocycles. The lowest BCUT2D eigenvalue weighted by molar-refractivity contribution is -0.113. The van der Waals surface area contributed by atoms with Crippen LogP contribution in [-0.2, 0) is 4.79 Å². The fraction of sp³-hybridized carbons (Fsp3) is 0.176. The van der Waals surface area contributed by atoms with E-state index in [2.05, 4.69) is 10.6 Å². The zero-order valence-corrected chi connectivity index (χ0v) is 13.5. The van der Waals surface area contributed by atoms with Gasteiger partial charge >= 0.3 is 0 Å². The molecule has 0 unspecified atom stereocenters. The summed E-state index contributed by atoms with van der Waals surface area (Å²) in [6.45, 7) is 1.62. The van der Waals surface area contributed by atoms with E-state index >= 15 is 0 Å². The molecule has 0 spiro atoms. The van der Waals surface area contributed by atoms with Gasteiger partial charge in [-0.1, -0.05) is 6.07 Å². The van der Waals surface area contributed by atoms with Gasteiger partial charge in [-0.3, -0.25) is 9.59 Å². The Balaban J connectivity index is 1.77. The molecule has 0 saturated carbocycles. The van der Waals surface area contributed by atoms with Gasteiger partial charge in [-0.25, -0.2) is 8.78 Å². The van der Waals surface area contributed by atoms with Gasteiger partial charge in [-0.2, -0.15) is 0 Å². The van der Waals surface area contributed by atoms with Crippen molar-refractivity contribution in [2.45, 2.75) is 17.9 Å². The molecule has 4 nitrogen and oxygen atoms in total. The Hall–Kier alpha value is -2.41. The maximum Gasteiger partial charge on any atom is 0.251 e. The van der Waals surface area contributed by atoms with Gasteiger partial charge in [0.25, 0.3) is 5.91 Å². The van der Waals surface area contributed by atoms with Crippen LogP contribution >= 0.6 is 11.8 Å². The number of carbonyl (C=O) groups is 2. The minimum absolute atomic E-state index is 0.119. The number of anilines is 1. The second-order valence-electron chi connectivity index (χ2n) is 5.41. The number of rotatable bonds is 3. The summed E-state index contributed by atoms with van der Waals surface area (Å²) in [7, 11) is 0. The molecular formula is C17H14F2N2O2S. The quantitative estimate of drug-likeness (QED) is 0.893. The van der Waals surface area contributed by atoms with Crippen LogP contribution in [0.15, 0.2) is 41.3 Å². The number of nitrogens with one attached hydrogen (secondary N) is 2. The van der Waals surface area contributed by atoms with Gasteiger partial charge in [0, 0.05) is 22.1 Å². The average Bonchev–Trinajstić information content (AvgIpc) is 2.53. The number of hydrogen-bond acceptors (Lipinski definition) is 3. The van der Waals surface area contributed by atoms with Gasteiger partial charge < -0.3 is 10.6 Å². The van der Waals surface area contributed by atoms with E-state index in [1.54, 1.807) is 25.1 Å². The van der Waals surface area contributed by atoms with Gasteiger partial charge in [0.2, 0.25) is 5.91 Å². The first-order valence-electron chi connectivity index (χ1n) is 7.26. The van der Waals surface area contributed by atoms with Crippen molar-refractivity contribution in [3.05, 3.63) is 59.2 Å². The molecule has 0 bridgehead atoms. The van der Waals surface area contributed by atoms with Crippen LogP contribution in [-0.4, -0.2) is 17.6 Å². The zero-order valence-electron chi connectivity index (χ0n) is 12.7. The van der Waals surface area contributed by atoms with Gasteiger partial charge in [-0.05, 0) is 31.2 Å². The third kappa shape index (κ3) is 3.41. The third-order valence-corrected chi connectivity index (χ3v) is 4.72. The summed E-state index contributed by atoms with van der Waals surface area (Å²) < 4.78 is 26.7. The Morgan fingerprint density at radius 3 is 2.79 bits per heavy atom. The summed E-state index contributed by atoms with van der Waals surface area (Å²) in [4.78, 5) is 24.7. The van der Waals surface area contributed by atoms with E-state index in [1.165, 1.54) is 17.8 Å². The van der Waals surface area contributed by atoms with Crippen LogP contribution < -0.4 is 10.6 Å². The van der Waals surface area contributed by atoms with Crippen LogP contribution in [0.25, 0.3) is 0 Å². The van der Waals surface area contributed by atoms with E-state index in [9.17, 15) is 18.4 Å². The van der Waals surface area contributed by atoms with E-state index in [1.807, 2.05) is 0 Å². The minimum Gasteiger partial charge on any atom is -0.345 e. The van der Waals surface area contributed by atoms with Gasteiger partial charge in [0.1, 0.15) is 11.6 Å². The smallest absolute Gasteiger partial charge is 0.251 e. The number of hydrogen-bond donors (Lipinski definition) is 2. The molecule has 2 N–H and O–H groups in total. The Morgan fingerprint density at radius 1 is 1.25 bits per heavy atom. The lowest BCUT2D eigenvalue weighted by Crippen LogP contribution is -2.27. The fourth-order valence-corrected chi connectivity index (χ4v) is 3.22. The molecule has 3 rings (SSSR count). The van der Waals surface area contributed by atoms with E-state index < -0.39 is 23.6 Å². The summed E-state index contributed by atoms with van der Waals surface area (Å²) in [5, 5.41) is 5.38. The van der Waals surface area contributed by atoms with Gasteiger partial charge in [0.15, 0.2) is 0 Å². The molecule has 24 heavy (non-hydrogen) atoms. The van der Waals surface area contributed by atoms with E-state index in [4.69, 9.17) is 0 Å². The molecule has 2 amide bonds. The number of carbonyl (C=O) groups excluding carboxylic acids is 2. The van der Waals surface area contributed by atoms with E-state index in [0.29, 0.717) is 17.0 Å². The van der Waals surface area contributed by atoms with Crippen molar-refractivity contribution in [2.75, 3.05) is 11.1 Å². The second kappa shape index (κ2) is 6.60. The van der Waals surface area contributed by atoms with Crippen molar-refractivity contribution in [1.29, 1.82) is 0 Å². The Kier molecular flexibility index (Phi) is 4.53. The first kappa shape index (κ1) is 16.4. The molecule has 0 aliphatic carbocycles. The lowest BCUT2D eigenvalue weighted by atomic mass is 10.1. The maximum atomic E-state index is 13.8.